The minimum absolute atomic E-state index is 0.103. The zero-order valence-corrected chi connectivity index (χ0v) is 5.89. The van der Waals surface area contributed by atoms with Gasteiger partial charge in [-0.1, -0.05) is 5.16 Å². The van der Waals surface area contributed by atoms with E-state index in [0.29, 0.717) is 25.3 Å². The molecule has 1 aliphatic rings. The number of carbonyl (C=O) groups excluding carboxylic acids is 1. The van der Waals surface area contributed by atoms with Crippen molar-refractivity contribution in [2.24, 2.45) is 5.16 Å². The van der Waals surface area contributed by atoms with Crippen molar-refractivity contribution in [3.63, 3.8) is 0 Å². The molecule has 0 atom stereocenters. The molecule has 0 radical (unpaired) electrons. The molecular weight excluding hydrogens is 132 g/mol. The van der Waals surface area contributed by atoms with Crippen molar-refractivity contribution < 1.29 is 9.63 Å². The molecule has 0 aromatic carbocycles. The van der Waals surface area contributed by atoms with Gasteiger partial charge in [0.05, 0.1) is 0 Å². The van der Waals surface area contributed by atoms with E-state index >= 15 is 0 Å². The largest absolute Gasteiger partial charge is 0.396 e. The smallest absolute Gasteiger partial charge is 0.269 e. The van der Waals surface area contributed by atoms with Crippen molar-refractivity contribution in [1.82, 2.24) is 5.32 Å². The highest BCUT2D eigenvalue weighted by atomic mass is 16.6. The second-order valence-corrected chi connectivity index (χ2v) is 1.96. The van der Waals surface area contributed by atoms with Crippen LogP contribution in [0.15, 0.2) is 5.16 Å². The Labute approximate surface area is 59.2 Å². The minimum atomic E-state index is -0.103. The van der Waals surface area contributed by atoms with E-state index in [0.717, 1.165) is 0 Å². The number of oxime groups is 1. The summed E-state index contributed by atoms with van der Waals surface area (Å²) in [6, 6.07) is 0. The molecule has 4 nitrogen and oxygen atoms in total. The van der Waals surface area contributed by atoms with Crippen LogP contribution >= 0.6 is 0 Å². The maximum atomic E-state index is 10.8. The standard InChI is InChI=1S/C6H10N2O2/c1-2-10-8-5-3-4-7-6(5)9/h2-4H2,1H3,(H,7,9)/b8-5-. The van der Waals surface area contributed by atoms with Crippen molar-refractivity contribution in [3.05, 3.63) is 0 Å². The van der Waals surface area contributed by atoms with Gasteiger partial charge in [-0.05, 0) is 6.92 Å². The van der Waals surface area contributed by atoms with Crippen LogP contribution in [0.2, 0.25) is 0 Å². The van der Waals surface area contributed by atoms with Gasteiger partial charge in [-0.15, -0.1) is 0 Å². The highest BCUT2D eigenvalue weighted by molar-refractivity contribution is 6.40. The van der Waals surface area contributed by atoms with Crippen LogP contribution in [0.3, 0.4) is 0 Å². The molecule has 1 saturated heterocycles. The predicted octanol–water partition coefficient (Wildman–Crippen LogP) is -0.101. The third kappa shape index (κ3) is 1.46. The summed E-state index contributed by atoms with van der Waals surface area (Å²) in [5.41, 5.74) is 0.502. The summed E-state index contributed by atoms with van der Waals surface area (Å²) in [5.74, 6) is -0.103. The second kappa shape index (κ2) is 3.20. The molecular formula is C6H10N2O2. The van der Waals surface area contributed by atoms with Gasteiger partial charge in [0.25, 0.3) is 5.91 Å². The van der Waals surface area contributed by atoms with Crippen molar-refractivity contribution in [2.75, 3.05) is 13.2 Å². The lowest BCUT2D eigenvalue weighted by Gasteiger charge is -1.92. The van der Waals surface area contributed by atoms with Crippen LogP contribution in [-0.2, 0) is 9.63 Å². The number of nitrogens with one attached hydrogen (secondary N) is 1. The summed E-state index contributed by atoms with van der Waals surface area (Å²) in [4.78, 5) is 15.5. The van der Waals surface area contributed by atoms with E-state index in [4.69, 9.17) is 4.84 Å². The molecule has 0 aromatic rings. The van der Waals surface area contributed by atoms with Gasteiger partial charge in [0.2, 0.25) is 0 Å². The Bertz CT molecular complexity index is 165. The summed E-state index contributed by atoms with van der Waals surface area (Å²) in [6.07, 6.45) is 0.679. The van der Waals surface area contributed by atoms with E-state index in [1.54, 1.807) is 0 Å². The zero-order chi connectivity index (χ0) is 7.40. The van der Waals surface area contributed by atoms with Gasteiger partial charge in [0.1, 0.15) is 12.3 Å². The van der Waals surface area contributed by atoms with E-state index in [-0.39, 0.29) is 5.91 Å². The maximum absolute atomic E-state index is 10.8. The van der Waals surface area contributed by atoms with Crippen LogP contribution in [0.5, 0.6) is 0 Å². The zero-order valence-electron chi connectivity index (χ0n) is 5.89. The van der Waals surface area contributed by atoms with Crippen LogP contribution in [0.25, 0.3) is 0 Å². The van der Waals surface area contributed by atoms with Gasteiger partial charge in [0.15, 0.2) is 0 Å². The molecule has 1 fully saturated rings. The van der Waals surface area contributed by atoms with Crippen molar-refractivity contribution in [2.45, 2.75) is 13.3 Å². The van der Waals surface area contributed by atoms with Gasteiger partial charge in [-0.2, -0.15) is 0 Å². The molecule has 0 spiro atoms. The molecule has 0 bridgehead atoms. The molecule has 0 aromatic heterocycles. The van der Waals surface area contributed by atoms with Crippen LogP contribution in [0.4, 0.5) is 0 Å². The fraction of sp³-hybridized carbons (Fsp3) is 0.667. The highest BCUT2D eigenvalue weighted by Crippen LogP contribution is 1.95. The first kappa shape index (κ1) is 7.05. The number of rotatable bonds is 2. The van der Waals surface area contributed by atoms with Crippen LogP contribution in [-0.4, -0.2) is 24.8 Å². The average molecular weight is 142 g/mol. The third-order valence-corrected chi connectivity index (χ3v) is 1.21. The molecule has 4 heteroatoms. The molecule has 1 N–H and O–H groups in total. The molecule has 1 aliphatic heterocycles. The normalized spacial score (nSPS) is 21.3. The maximum Gasteiger partial charge on any atom is 0.269 e. The first-order valence-electron chi connectivity index (χ1n) is 3.31. The Morgan fingerprint density at radius 2 is 2.60 bits per heavy atom. The van der Waals surface area contributed by atoms with Gasteiger partial charge in [-0.25, -0.2) is 0 Å². The Hall–Kier alpha value is -1.06. The van der Waals surface area contributed by atoms with Crippen molar-refractivity contribution in [3.8, 4) is 0 Å². The Kier molecular flexibility index (Phi) is 2.25. The molecule has 10 heavy (non-hydrogen) atoms. The Balaban J connectivity index is 2.46. The van der Waals surface area contributed by atoms with Crippen LogP contribution in [0.1, 0.15) is 13.3 Å². The second-order valence-electron chi connectivity index (χ2n) is 1.96. The number of carbonyl (C=O) groups is 1. The van der Waals surface area contributed by atoms with E-state index in [2.05, 4.69) is 10.5 Å². The topological polar surface area (TPSA) is 50.7 Å². The summed E-state index contributed by atoms with van der Waals surface area (Å²) in [6.45, 7) is 3.03. The van der Waals surface area contributed by atoms with E-state index in [1.165, 1.54) is 0 Å². The quantitative estimate of drug-likeness (QED) is 0.547. The summed E-state index contributed by atoms with van der Waals surface area (Å²) >= 11 is 0. The molecule has 0 aliphatic carbocycles. The fourth-order valence-corrected chi connectivity index (χ4v) is 0.740. The fourth-order valence-electron chi connectivity index (χ4n) is 0.740. The van der Waals surface area contributed by atoms with Gasteiger partial charge in [0, 0.05) is 13.0 Å². The lowest BCUT2D eigenvalue weighted by Crippen LogP contribution is -2.18. The molecule has 56 valence electrons. The molecule has 0 unspecified atom stereocenters. The number of nitrogens with zero attached hydrogens (tertiary/aromatic N) is 1. The lowest BCUT2D eigenvalue weighted by atomic mass is 10.3. The molecule has 1 rings (SSSR count). The van der Waals surface area contributed by atoms with Crippen LogP contribution < -0.4 is 5.32 Å². The first-order chi connectivity index (χ1) is 4.84. The van der Waals surface area contributed by atoms with E-state index in [1.807, 2.05) is 6.92 Å². The van der Waals surface area contributed by atoms with Gasteiger partial charge in [-0.3, -0.25) is 4.79 Å². The third-order valence-electron chi connectivity index (χ3n) is 1.21. The highest BCUT2D eigenvalue weighted by Gasteiger charge is 2.18. The minimum Gasteiger partial charge on any atom is -0.396 e. The van der Waals surface area contributed by atoms with Crippen LogP contribution in [0, 0.1) is 0 Å². The van der Waals surface area contributed by atoms with Crippen molar-refractivity contribution in [1.29, 1.82) is 0 Å². The Morgan fingerprint density at radius 1 is 1.80 bits per heavy atom. The van der Waals surface area contributed by atoms with E-state index in [9.17, 15) is 4.79 Å². The van der Waals surface area contributed by atoms with Crippen molar-refractivity contribution >= 4 is 11.6 Å². The first-order valence-corrected chi connectivity index (χ1v) is 3.31. The lowest BCUT2D eigenvalue weighted by molar-refractivity contribution is -0.114. The SMILES string of the molecule is CCO/N=C1/CCNC1=O. The van der Waals surface area contributed by atoms with Gasteiger partial charge < -0.3 is 10.2 Å². The summed E-state index contributed by atoms with van der Waals surface area (Å²) in [5, 5.41) is 6.26. The number of hydrogen-bond donors (Lipinski definition) is 1. The summed E-state index contributed by atoms with van der Waals surface area (Å²) < 4.78 is 0. The van der Waals surface area contributed by atoms with E-state index < -0.39 is 0 Å². The monoisotopic (exact) mass is 142 g/mol. The predicted molar refractivity (Wildman–Crippen MR) is 36.7 cm³/mol. The number of hydrogen-bond acceptors (Lipinski definition) is 3. The molecule has 1 amide bonds. The average Bonchev–Trinajstić information content (AvgIpc) is 2.31. The summed E-state index contributed by atoms with van der Waals surface area (Å²) in [7, 11) is 0. The number of amides is 1. The molecule has 1 heterocycles. The Morgan fingerprint density at radius 3 is 3.10 bits per heavy atom. The molecule has 0 saturated carbocycles. The van der Waals surface area contributed by atoms with Gasteiger partial charge >= 0.3 is 0 Å².